The van der Waals surface area contributed by atoms with Gasteiger partial charge in [0, 0.05) is 31.5 Å². The molecule has 3 unspecified atom stereocenters. The van der Waals surface area contributed by atoms with Crippen LogP contribution in [0.2, 0.25) is 0 Å². The monoisotopic (exact) mass is 300 g/mol. The second-order valence-electron chi connectivity index (χ2n) is 6.07. The molecule has 2 rings (SSSR count). The van der Waals surface area contributed by atoms with Crippen LogP contribution in [-0.2, 0) is 23.7 Å². The van der Waals surface area contributed by atoms with E-state index in [-0.39, 0.29) is 17.5 Å². The molecule has 1 aliphatic rings. The summed E-state index contributed by atoms with van der Waals surface area (Å²) in [5, 5.41) is 9.21. The van der Waals surface area contributed by atoms with Crippen LogP contribution in [0, 0.1) is 11.8 Å². The van der Waals surface area contributed by atoms with E-state index in [0.717, 1.165) is 6.42 Å². The van der Waals surface area contributed by atoms with Crippen molar-refractivity contribution in [1.82, 2.24) is 8.87 Å². The third-order valence-electron chi connectivity index (χ3n) is 4.39. The van der Waals surface area contributed by atoms with Crippen molar-refractivity contribution in [3.63, 3.8) is 0 Å². The Hall–Kier alpha value is -0.850. The van der Waals surface area contributed by atoms with Gasteiger partial charge >= 0.3 is 0 Å². The van der Waals surface area contributed by atoms with Crippen LogP contribution in [0.4, 0.5) is 0 Å². The molecule has 1 fully saturated rings. The third kappa shape index (κ3) is 2.64. The lowest BCUT2D eigenvalue weighted by Crippen LogP contribution is -2.48. The number of sulfonamides is 1. The molecular weight excluding hydrogens is 276 g/mol. The maximum absolute atomic E-state index is 12.8. The number of aliphatic hydroxyl groups is 1. The van der Waals surface area contributed by atoms with E-state index >= 15 is 0 Å². The summed E-state index contributed by atoms with van der Waals surface area (Å²) in [6.45, 7) is 6.58. The van der Waals surface area contributed by atoms with Gasteiger partial charge in [0.05, 0.1) is 6.61 Å². The Labute approximate surface area is 121 Å². The molecule has 1 aliphatic heterocycles. The number of hydrogen-bond acceptors (Lipinski definition) is 3. The highest BCUT2D eigenvalue weighted by molar-refractivity contribution is 7.89. The molecule has 6 heteroatoms. The SMILES string of the molecule is CC1CC(C)C(C)N(S(=O)(=O)c2cc(CO)n(C)c2)C1. The molecular formula is C14H24N2O3S. The van der Waals surface area contributed by atoms with Gasteiger partial charge in [0.1, 0.15) is 4.90 Å². The van der Waals surface area contributed by atoms with Crippen LogP contribution in [0.1, 0.15) is 32.9 Å². The van der Waals surface area contributed by atoms with Crippen LogP contribution < -0.4 is 0 Å². The Bertz CT molecular complexity index is 579. The summed E-state index contributed by atoms with van der Waals surface area (Å²) in [6.07, 6.45) is 2.64. The Morgan fingerprint density at radius 2 is 2.00 bits per heavy atom. The Morgan fingerprint density at radius 3 is 2.55 bits per heavy atom. The summed E-state index contributed by atoms with van der Waals surface area (Å²) >= 11 is 0. The Kier molecular flexibility index (Phi) is 4.27. The zero-order chi connectivity index (χ0) is 15.1. The lowest BCUT2D eigenvalue weighted by atomic mass is 9.88. The van der Waals surface area contributed by atoms with Crippen molar-refractivity contribution in [2.24, 2.45) is 18.9 Å². The third-order valence-corrected chi connectivity index (χ3v) is 6.31. The van der Waals surface area contributed by atoms with Crippen molar-refractivity contribution in [2.45, 2.75) is 44.7 Å². The second-order valence-corrected chi connectivity index (χ2v) is 7.96. The largest absolute Gasteiger partial charge is 0.390 e. The fraction of sp³-hybridized carbons (Fsp3) is 0.714. The summed E-state index contributed by atoms with van der Waals surface area (Å²) in [4.78, 5) is 0.275. The van der Waals surface area contributed by atoms with Gasteiger partial charge < -0.3 is 9.67 Å². The Balaban J connectivity index is 2.37. The van der Waals surface area contributed by atoms with Gasteiger partial charge in [-0.25, -0.2) is 8.42 Å². The smallest absolute Gasteiger partial charge is 0.244 e. The van der Waals surface area contributed by atoms with Crippen LogP contribution in [0.5, 0.6) is 0 Å². The van der Waals surface area contributed by atoms with Gasteiger partial charge in [-0.1, -0.05) is 13.8 Å². The van der Waals surface area contributed by atoms with Crippen LogP contribution in [-0.4, -0.2) is 35.0 Å². The summed E-state index contributed by atoms with van der Waals surface area (Å²) in [5.41, 5.74) is 0.606. The van der Waals surface area contributed by atoms with Crippen LogP contribution in [0.25, 0.3) is 0 Å². The van der Waals surface area contributed by atoms with E-state index < -0.39 is 10.0 Å². The molecule has 0 radical (unpaired) electrons. The summed E-state index contributed by atoms with van der Waals surface area (Å²) in [6, 6.07) is 1.57. The number of hydrogen-bond donors (Lipinski definition) is 1. The molecule has 0 aromatic carbocycles. The second kappa shape index (κ2) is 5.50. The van der Waals surface area contributed by atoms with E-state index in [4.69, 9.17) is 0 Å². The molecule has 0 spiro atoms. The van der Waals surface area contributed by atoms with Crippen LogP contribution in [0.3, 0.4) is 0 Å². The van der Waals surface area contributed by atoms with Crippen molar-refractivity contribution >= 4 is 10.0 Å². The minimum Gasteiger partial charge on any atom is -0.390 e. The standard InChI is InChI=1S/C14H24N2O3S/c1-10-5-11(2)12(3)16(7-10)20(18,19)14-6-13(9-17)15(4)8-14/h6,8,10-12,17H,5,7,9H2,1-4H3. The zero-order valence-corrected chi connectivity index (χ0v) is 13.4. The Morgan fingerprint density at radius 1 is 1.35 bits per heavy atom. The minimum absolute atomic E-state index is 0.00832. The number of nitrogens with zero attached hydrogens (tertiary/aromatic N) is 2. The topological polar surface area (TPSA) is 62.5 Å². The van der Waals surface area contributed by atoms with Crippen molar-refractivity contribution in [3.8, 4) is 0 Å². The molecule has 0 bridgehead atoms. The van der Waals surface area contributed by atoms with Gasteiger partial charge in [0.25, 0.3) is 0 Å². The van der Waals surface area contributed by atoms with Gasteiger partial charge in [-0.3, -0.25) is 0 Å². The van der Waals surface area contributed by atoms with E-state index in [1.165, 1.54) is 0 Å². The predicted molar refractivity (Wildman–Crippen MR) is 77.6 cm³/mol. The first-order chi connectivity index (χ1) is 9.27. The van der Waals surface area contributed by atoms with E-state index in [1.807, 2.05) is 6.92 Å². The molecule has 20 heavy (non-hydrogen) atoms. The zero-order valence-electron chi connectivity index (χ0n) is 12.6. The first-order valence-corrected chi connectivity index (χ1v) is 8.49. The van der Waals surface area contributed by atoms with Gasteiger partial charge in [-0.2, -0.15) is 4.31 Å². The van der Waals surface area contributed by atoms with Gasteiger partial charge in [-0.15, -0.1) is 0 Å². The van der Waals surface area contributed by atoms with E-state index in [9.17, 15) is 13.5 Å². The highest BCUT2D eigenvalue weighted by Crippen LogP contribution is 2.32. The number of aliphatic hydroxyl groups excluding tert-OH is 1. The highest BCUT2D eigenvalue weighted by Gasteiger charge is 2.37. The lowest BCUT2D eigenvalue weighted by Gasteiger charge is -2.39. The molecule has 114 valence electrons. The highest BCUT2D eigenvalue weighted by atomic mass is 32.2. The van der Waals surface area contributed by atoms with Crippen molar-refractivity contribution in [3.05, 3.63) is 18.0 Å². The number of aromatic nitrogens is 1. The van der Waals surface area contributed by atoms with Crippen molar-refractivity contribution in [1.29, 1.82) is 0 Å². The van der Waals surface area contributed by atoms with Crippen LogP contribution in [0.15, 0.2) is 17.2 Å². The first-order valence-electron chi connectivity index (χ1n) is 7.05. The molecule has 1 N–H and O–H groups in total. The summed E-state index contributed by atoms with van der Waals surface area (Å²) < 4.78 is 28.9. The minimum atomic E-state index is -3.49. The average Bonchev–Trinajstić information content (AvgIpc) is 2.75. The van der Waals surface area contributed by atoms with Crippen molar-refractivity contribution in [2.75, 3.05) is 6.54 Å². The molecule has 2 heterocycles. The van der Waals surface area contributed by atoms with Gasteiger partial charge in [0.2, 0.25) is 10.0 Å². The van der Waals surface area contributed by atoms with E-state index in [1.54, 1.807) is 28.2 Å². The van der Waals surface area contributed by atoms with Gasteiger partial charge in [0.15, 0.2) is 0 Å². The molecule has 3 atom stereocenters. The molecule has 1 saturated heterocycles. The predicted octanol–water partition coefficient (Wildman–Crippen LogP) is 1.57. The molecule has 1 aromatic heterocycles. The quantitative estimate of drug-likeness (QED) is 0.921. The maximum atomic E-state index is 12.8. The lowest BCUT2D eigenvalue weighted by molar-refractivity contribution is 0.157. The number of rotatable bonds is 3. The number of piperidine rings is 1. The average molecular weight is 300 g/mol. The first kappa shape index (κ1) is 15.5. The summed E-state index contributed by atoms with van der Waals surface area (Å²) in [7, 11) is -1.74. The molecule has 0 saturated carbocycles. The fourth-order valence-electron chi connectivity index (χ4n) is 2.99. The maximum Gasteiger partial charge on any atom is 0.244 e. The van der Waals surface area contributed by atoms with Crippen molar-refractivity contribution < 1.29 is 13.5 Å². The van der Waals surface area contributed by atoms with E-state index in [0.29, 0.717) is 24.1 Å². The molecule has 1 aromatic rings. The van der Waals surface area contributed by atoms with E-state index in [2.05, 4.69) is 13.8 Å². The molecule has 0 amide bonds. The molecule has 5 nitrogen and oxygen atoms in total. The van der Waals surface area contributed by atoms with Crippen LogP contribution >= 0.6 is 0 Å². The normalized spacial score (nSPS) is 28.8. The fourth-order valence-corrected chi connectivity index (χ4v) is 4.93. The summed E-state index contributed by atoms with van der Waals surface area (Å²) in [5.74, 6) is 0.728. The van der Waals surface area contributed by atoms with Gasteiger partial charge in [-0.05, 0) is 31.2 Å². The number of aryl methyl sites for hydroxylation is 1. The molecule has 0 aliphatic carbocycles.